The van der Waals surface area contributed by atoms with Crippen LogP contribution in [0.15, 0.2) is 55.1 Å². The van der Waals surface area contributed by atoms with E-state index in [1.54, 1.807) is 42.3 Å². The minimum absolute atomic E-state index is 0.116. The van der Waals surface area contributed by atoms with Crippen LogP contribution in [-0.2, 0) is 12.4 Å². The number of hydrogen-bond donors (Lipinski definition) is 1. The van der Waals surface area contributed by atoms with E-state index in [-0.39, 0.29) is 12.1 Å². The standard InChI is InChI=1S/C20H19F2N5O2/c1-25-18-6-3-2-5-15(18)19(28)27(10-4-9-26-13-23-12-24-26)20(25,29)16-8-7-14(21)11-17(16)22/h2-3,5-8,11-13,29H,4,9-10H2,1H3. The van der Waals surface area contributed by atoms with Gasteiger partial charge in [0.15, 0.2) is 0 Å². The highest BCUT2D eigenvalue weighted by Crippen LogP contribution is 2.41. The molecule has 1 atom stereocenters. The molecule has 0 spiro atoms. The van der Waals surface area contributed by atoms with Crippen molar-refractivity contribution in [2.75, 3.05) is 18.5 Å². The molecule has 2 heterocycles. The molecule has 0 saturated carbocycles. The molecule has 0 bridgehead atoms. The Kier molecular flexibility index (Phi) is 4.75. The summed E-state index contributed by atoms with van der Waals surface area (Å²) in [6.45, 7) is 0.571. The maximum absolute atomic E-state index is 14.7. The number of hydrogen-bond acceptors (Lipinski definition) is 5. The van der Waals surface area contributed by atoms with E-state index < -0.39 is 23.4 Å². The second-order valence-corrected chi connectivity index (χ2v) is 6.80. The van der Waals surface area contributed by atoms with Gasteiger partial charge in [-0.05, 0) is 30.7 Å². The smallest absolute Gasteiger partial charge is 0.259 e. The third-order valence-corrected chi connectivity index (χ3v) is 5.11. The lowest BCUT2D eigenvalue weighted by molar-refractivity contribution is -0.0992. The third kappa shape index (κ3) is 3.13. The van der Waals surface area contributed by atoms with E-state index >= 15 is 0 Å². The third-order valence-electron chi connectivity index (χ3n) is 5.11. The summed E-state index contributed by atoms with van der Waals surface area (Å²) in [5.41, 5.74) is 0.643. The first-order chi connectivity index (χ1) is 13.9. The van der Waals surface area contributed by atoms with Crippen molar-refractivity contribution in [1.29, 1.82) is 0 Å². The zero-order valence-corrected chi connectivity index (χ0v) is 15.7. The predicted octanol–water partition coefficient (Wildman–Crippen LogP) is 2.34. The number of para-hydroxylation sites is 1. The monoisotopic (exact) mass is 399 g/mol. The molecule has 0 saturated heterocycles. The molecule has 0 radical (unpaired) electrons. The molecule has 1 aliphatic rings. The fourth-order valence-electron chi connectivity index (χ4n) is 3.67. The molecule has 1 aliphatic heterocycles. The Morgan fingerprint density at radius 1 is 1.14 bits per heavy atom. The number of halogens is 2. The lowest BCUT2D eigenvalue weighted by Gasteiger charge is -2.50. The summed E-state index contributed by atoms with van der Waals surface area (Å²) in [4.78, 5) is 19.7. The van der Waals surface area contributed by atoms with E-state index in [2.05, 4.69) is 10.1 Å². The molecular formula is C20H19F2N5O2. The van der Waals surface area contributed by atoms with E-state index in [4.69, 9.17) is 0 Å². The van der Waals surface area contributed by atoms with Crippen LogP contribution in [0.25, 0.3) is 0 Å². The quantitative estimate of drug-likeness (QED) is 0.713. The number of aromatic nitrogens is 3. The van der Waals surface area contributed by atoms with Crippen molar-refractivity contribution in [2.24, 2.45) is 0 Å². The van der Waals surface area contributed by atoms with Gasteiger partial charge in [-0.15, -0.1) is 0 Å². The van der Waals surface area contributed by atoms with Crippen LogP contribution in [0.3, 0.4) is 0 Å². The second kappa shape index (κ2) is 7.25. The molecule has 9 heteroatoms. The fraction of sp³-hybridized carbons (Fsp3) is 0.250. The number of anilines is 1. The van der Waals surface area contributed by atoms with Gasteiger partial charge in [0, 0.05) is 26.2 Å². The first-order valence-corrected chi connectivity index (χ1v) is 9.08. The lowest BCUT2D eigenvalue weighted by atomic mass is 9.98. The molecule has 0 fully saturated rings. The molecule has 1 amide bonds. The van der Waals surface area contributed by atoms with E-state index in [1.165, 1.54) is 16.1 Å². The van der Waals surface area contributed by atoms with Gasteiger partial charge in [0.1, 0.15) is 24.3 Å². The van der Waals surface area contributed by atoms with Gasteiger partial charge in [0.05, 0.1) is 16.8 Å². The van der Waals surface area contributed by atoms with Gasteiger partial charge in [-0.3, -0.25) is 14.4 Å². The highest BCUT2D eigenvalue weighted by atomic mass is 19.1. The van der Waals surface area contributed by atoms with E-state index in [9.17, 15) is 18.7 Å². The number of rotatable bonds is 5. The summed E-state index contributed by atoms with van der Waals surface area (Å²) in [7, 11) is 1.57. The molecule has 2 aromatic carbocycles. The van der Waals surface area contributed by atoms with Crippen LogP contribution in [0, 0.1) is 11.6 Å². The van der Waals surface area contributed by atoms with Crippen molar-refractivity contribution in [3.05, 3.63) is 77.9 Å². The second-order valence-electron chi connectivity index (χ2n) is 6.80. The number of nitrogens with zero attached hydrogens (tertiary/aromatic N) is 5. The molecule has 1 N–H and O–H groups in total. The summed E-state index contributed by atoms with van der Waals surface area (Å²) in [5.74, 6) is -4.26. The van der Waals surface area contributed by atoms with Gasteiger partial charge in [-0.25, -0.2) is 13.8 Å². The van der Waals surface area contributed by atoms with Crippen LogP contribution in [0.4, 0.5) is 14.5 Å². The Hall–Kier alpha value is -3.33. The Morgan fingerprint density at radius 3 is 2.66 bits per heavy atom. The SMILES string of the molecule is CN1c2ccccc2C(=O)N(CCCn2cncn2)C1(O)c1ccc(F)cc1F. The minimum Gasteiger partial charge on any atom is -0.350 e. The fourth-order valence-corrected chi connectivity index (χ4v) is 3.67. The van der Waals surface area contributed by atoms with E-state index in [0.717, 1.165) is 12.1 Å². The van der Waals surface area contributed by atoms with E-state index in [1.807, 2.05) is 0 Å². The Morgan fingerprint density at radius 2 is 1.93 bits per heavy atom. The number of carbonyl (C=O) groups is 1. The van der Waals surface area contributed by atoms with Gasteiger partial charge in [0.25, 0.3) is 11.8 Å². The maximum Gasteiger partial charge on any atom is 0.259 e. The minimum atomic E-state index is -2.12. The first-order valence-electron chi connectivity index (χ1n) is 9.08. The van der Waals surface area contributed by atoms with Crippen LogP contribution < -0.4 is 4.90 Å². The van der Waals surface area contributed by atoms with Crippen LogP contribution in [0.2, 0.25) is 0 Å². The Labute approximate surface area is 165 Å². The number of aryl methyl sites for hydroxylation is 1. The summed E-state index contributed by atoms with van der Waals surface area (Å²) in [6.07, 6.45) is 3.39. The highest BCUT2D eigenvalue weighted by molar-refractivity contribution is 6.02. The van der Waals surface area contributed by atoms with Gasteiger partial charge in [0.2, 0.25) is 0 Å². The maximum atomic E-state index is 14.7. The molecule has 3 aromatic rings. The number of benzene rings is 2. The molecule has 1 unspecified atom stereocenters. The Bertz CT molecular complexity index is 1040. The summed E-state index contributed by atoms with van der Waals surface area (Å²) in [6, 6.07) is 9.69. The van der Waals surface area contributed by atoms with Crippen molar-refractivity contribution in [1.82, 2.24) is 19.7 Å². The molecule has 7 nitrogen and oxygen atoms in total. The summed E-state index contributed by atoms with van der Waals surface area (Å²) in [5, 5.41) is 15.7. The van der Waals surface area contributed by atoms with Crippen molar-refractivity contribution in [2.45, 2.75) is 18.8 Å². The van der Waals surface area contributed by atoms with Crippen molar-refractivity contribution < 1.29 is 18.7 Å². The average molecular weight is 399 g/mol. The van der Waals surface area contributed by atoms with Crippen molar-refractivity contribution >= 4 is 11.6 Å². The van der Waals surface area contributed by atoms with Crippen molar-refractivity contribution in [3.8, 4) is 0 Å². The van der Waals surface area contributed by atoms with E-state index in [0.29, 0.717) is 30.3 Å². The summed E-state index contributed by atoms with van der Waals surface area (Å²) < 4.78 is 29.8. The zero-order chi connectivity index (χ0) is 20.6. The van der Waals surface area contributed by atoms with Crippen LogP contribution >= 0.6 is 0 Å². The highest BCUT2D eigenvalue weighted by Gasteiger charge is 2.50. The lowest BCUT2D eigenvalue weighted by Crippen LogP contribution is -2.63. The van der Waals surface area contributed by atoms with Crippen molar-refractivity contribution in [3.63, 3.8) is 0 Å². The van der Waals surface area contributed by atoms with Gasteiger partial charge in [-0.2, -0.15) is 5.10 Å². The zero-order valence-electron chi connectivity index (χ0n) is 15.7. The largest absolute Gasteiger partial charge is 0.350 e. The molecular weight excluding hydrogens is 380 g/mol. The number of fused-ring (bicyclic) bond motifs is 1. The van der Waals surface area contributed by atoms with Crippen LogP contribution in [0.5, 0.6) is 0 Å². The molecule has 1 aromatic heterocycles. The number of amides is 1. The van der Waals surface area contributed by atoms with Gasteiger partial charge in [-0.1, -0.05) is 12.1 Å². The molecule has 4 rings (SSSR count). The average Bonchev–Trinajstić information content (AvgIpc) is 3.22. The van der Waals surface area contributed by atoms with Crippen LogP contribution in [-0.4, -0.2) is 44.3 Å². The summed E-state index contributed by atoms with van der Waals surface area (Å²) >= 11 is 0. The number of aliphatic hydroxyl groups is 1. The van der Waals surface area contributed by atoms with Crippen LogP contribution in [0.1, 0.15) is 22.3 Å². The molecule has 0 aliphatic carbocycles. The van der Waals surface area contributed by atoms with Gasteiger partial charge >= 0.3 is 0 Å². The topological polar surface area (TPSA) is 74.5 Å². The normalized spacial score (nSPS) is 18.8. The Balaban J connectivity index is 1.76. The van der Waals surface area contributed by atoms with Gasteiger partial charge < -0.3 is 10.0 Å². The first kappa shape index (κ1) is 19.0. The molecule has 150 valence electrons. The molecule has 29 heavy (non-hydrogen) atoms. The predicted molar refractivity (Wildman–Crippen MR) is 101 cm³/mol. The number of carbonyl (C=O) groups excluding carboxylic acids is 1.